The van der Waals surface area contributed by atoms with Crippen LogP contribution < -0.4 is 5.43 Å². The molecule has 0 aliphatic rings. The van der Waals surface area contributed by atoms with E-state index in [0.717, 1.165) is 0 Å². The summed E-state index contributed by atoms with van der Waals surface area (Å²) in [6.45, 7) is -0.570. The van der Waals surface area contributed by atoms with Gasteiger partial charge in [0.1, 0.15) is 6.61 Å². The highest BCUT2D eigenvalue weighted by atomic mass is 16.3. The van der Waals surface area contributed by atoms with Gasteiger partial charge < -0.3 is 5.11 Å². The second-order valence-electron chi connectivity index (χ2n) is 2.21. The number of aromatic nitrogens is 1. The van der Waals surface area contributed by atoms with Crippen molar-refractivity contribution in [3.05, 3.63) is 30.1 Å². The zero-order chi connectivity index (χ0) is 9.52. The molecule has 2 N–H and O–H groups in total. The molecular weight excluding hydrogens is 170 g/mol. The van der Waals surface area contributed by atoms with Gasteiger partial charge in [-0.2, -0.15) is 5.10 Å². The van der Waals surface area contributed by atoms with Crippen molar-refractivity contribution in [2.45, 2.75) is 0 Å². The molecule has 0 bridgehead atoms. The molecule has 5 heteroatoms. The molecule has 0 radical (unpaired) electrons. The Bertz CT molecular complexity index is 298. The summed E-state index contributed by atoms with van der Waals surface area (Å²) in [6.07, 6.45) is 3.02. The Morgan fingerprint density at radius 1 is 1.69 bits per heavy atom. The van der Waals surface area contributed by atoms with Gasteiger partial charge in [0.25, 0.3) is 5.91 Å². The van der Waals surface area contributed by atoms with Crippen LogP contribution in [0.15, 0.2) is 29.5 Å². The number of rotatable bonds is 3. The Kier molecular flexibility index (Phi) is 3.59. The van der Waals surface area contributed by atoms with Gasteiger partial charge in [0.05, 0.1) is 11.9 Å². The number of aliphatic hydroxyl groups excluding tert-OH is 1. The van der Waals surface area contributed by atoms with E-state index in [1.54, 1.807) is 18.3 Å². The van der Waals surface area contributed by atoms with E-state index in [1.807, 2.05) is 6.07 Å². The molecule has 0 aliphatic carbocycles. The van der Waals surface area contributed by atoms with E-state index in [4.69, 9.17) is 5.11 Å². The molecule has 1 amide bonds. The van der Waals surface area contributed by atoms with Crippen LogP contribution in [0.5, 0.6) is 0 Å². The molecule has 13 heavy (non-hydrogen) atoms. The number of aliphatic hydroxyl groups is 1. The van der Waals surface area contributed by atoms with Crippen LogP contribution in [0.4, 0.5) is 0 Å². The maximum absolute atomic E-state index is 10.5. The number of nitrogens with zero attached hydrogens (tertiary/aromatic N) is 2. The average molecular weight is 179 g/mol. The van der Waals surface area contributed by atoms with Gasteiger partial charge in [0.2, 0.25) is 0 Å². The normalized spacial score (nSPS) is 10.2. The predicted molar refractivity (Wildman–Crippen MR) is 47.1 cm³/mol. The second-order valence-corrected chi connectivity index (χ2v) is 2.21. The number of pyridine rings is 1. The monoisotopic (exact) mass is 179 g/mol. The van der Waals surface area contributed by atoms with E-state index < -0.39 is 12.5 Å². The number of hydrogen-bond donors (Lipinski definition) is 2. The lowest BCUT2D eigenvalue weighted by Crippen LogP contribution is -2.20. The van der Waals surface area contributed by atoms with Gasteiger partial charge >= 0.3 is 0 Å². The number of amides is 1. The first-order valence-electron chi connectivity index (χ1n) is 3.66. The second kappa shape index (κ2) is 5.00. The summed E-state index contributed by atoms with van der Waals surface area (Å²) in [5.41, 5.74) is 2.76. The number of hydrogen-bond acceptors (Lipinski definition) is 4. The topological polar surface area (TPSA) is 74.6 Å². The van der Waals surface area contributed by atoms with Crippen molar-refractivity contribution in [3.63, 3.8) is 0 Å². The van der Waals surface area contributed by atoms with Gasteiger partial charge in [-0.05, 0) is 12.1 Å². The Hall–Kier alpha value is -1.75. The molecule has 0 saturated carbocycles. The third kappa shape index (κ3) is 3.44. The molecule has 0 saturated heterocycles. The minimum absolute atomic E-state index is 0.549. The number of carbonyl (C=O) groups excluding carboxylic acids is 1. The number of carbonyl (C=O) groups is 1. The minimum Gasteiger partial charge on any atom is -0.386 e. The summed E-state index contributed by atoms with van der Waals surface area (Å²) in [7, 11) is 0. The molecule has 0 fully saturated rings. The summed E-state index contributed by atoms with van der Waals surface area (Å²) in [4.78, 5) is 14.4. The lowest BCUT2D eigenvalue weighted by molar-refractivity contribution is -0.123. The zero-order valence-electron chi connectivity index (χ0n) is 6.84. The molecule has 0 spiro atoms. The van der Waals surface area contributed by atoms with E-state index in [2.05, 4.69) is 15.5 Å². The molecule has 5 nitrogen and oxygen atoms in total. The average Bonchev–Trinajstić information content (AvgIpc) is 2.19. The molecule has 1 aromatic rings. The highest BCUT2D eigenvalue weighted by Crippen LogP contribution is 1.87. The fourth-order valence-corrected chi connectivity index (χ4v) is 0.658. The van der Waals surface area contributed by atoms with Crippen LogP contribution in [0.3, 0.4) is 0 Å². The molecule has 1 heterocycles. The quantitative estimate of drug-likeness (QED) is 0.486. The van der Waals surface area contributed by atoms with Crippen LogP contribution >= 0.6 is 0 Å². The first kappa shape index (κ1) is 9.34. The molecule has 0 aliphatic heterocycles. The summed E-state index contributed by atoms with van der Waals surface area (Å²) in [6, 6.07) is 5.33. The zero-order valence-corrected chi connectivity index (χ0v) is 6.84. The standard InChI is InChI=1S/C8H9N3O2/c12-6-8(13)11-10-5-7-3-1-2-4-9-7/h1-5,12H,6H2,(H,11,13)/b10-5-. The number of nitrogens with one attached hydrogen (secondary N) is 1. The van der Waals surface area contributed by atoms with Crippen molar-refractivity contribution < 1.29 is 9.90 Å². The van der Waals surface area contributed by atoms with Crippen LogP contribution in [0, 0.1) is 0 Å². The van der Waals surface area contributed by atoms with Gasteiger partial charge in [-0.25, -0.2) is 5.43 Å². The number of hydrazone groups is 1. The van der Waals surface area contributed by atoms with Crippen LogP contribution in [-0.4, -0.2) is 28.8 Å². The largest absolute Gasteiger partial charge is 0.386 e. The van der Waals surface area contributed by atoms with E-state index in [9.17, 15) is 4.79 Å². The van der Waals surface area contributed by atoms with Crippen LogP contribution in [-0.2, 0) is 4.79 Å². The fraction of sp³-hybridized carbons (Fsp3) is 0.125. The van der Waals surface area contributed by atoms with Gasteiger partial charge in [-0.1, -0.05) is 6.07 Å². The minimum atomic E-state index is -0.570. The van der Waals surface area contributed by atoms with Gasteiger partial charge in [-0.15, -0.1) is 0 Å². The van der Waals surface area contributed by atoms with E-state index >= 15 is 0 Å². The third-order valence-electron chi connectivity index (χ3n) is 1.22. The van der Waals surface area contributed by atoms with Crippen LogP contribution in [0.1, 0.15) is 5.69 Å². The maximum Gasteiger partial charge on any atom is 0.265 e. The molecule has 0 aromatic carbocycles. The van der Waals surface area contributed by atoms with Gasteiger partial charge in [-0.3, -0.25) is 9.78 Å². The highest BCUT2D eigenvalue weighted by molar-refractivity contribution is 5.81. The maximum atomic E-state index is 10.5. The van der Waals surface area contributed by atoms with Gasteiger partial charge in [0, 0.05) is 6.20 Å². The molecule has 0 atom stereocenters. The summed E-state index contributed by atoms with van der Waals surface area (Å²) < 4.78 is 0. The van der Waals surface area contributed by atoms with Crippen molar-refractivity contribution in [2.24, 2.45) is 5.10 Å². The lowest BCUT2D eigenvalue weighted by Gasteiger charge is -1.93. The van der Waals surface area contributed by atoms with Crippen molar-refractivity contribution in [1.82, 2.24) is 10.4 Å². The Morgan fingerprint density at radius 2 is 2.54 bits per heavy atom. The molecule has 1 rings (SSSR count). The summed E-state index contributed by atoms with van der Waals surface area (Å²) in [5, 5.41) is 11.9. The van der Waals surface area contributed by atoms with Crippen molar-refractivity contribution in [2.75, 3.05) is 6.61 Å². The van der Waals surface area contributed by atoms with Crippen LogP contribution in [0.2, 0.25) is 0 Å². The SMILES string of the molecule is O=C(CO)N/N=C\c1ccccn1. The van der Waals surface area contributed by atoms with Gasteiger partial charge in [0.15, 0.2) is 0 Å². The third-order valence-corrected chi connectivity index (χ3v) is 1.22. The first-order valence-corrected chi connectivity index (χ1v) is 3.66. The Labute approximate surface area is 75.1 Å². The lowest BCUT2D eigenvalue weighted by atomic mass is 10.4. The van der Waals surface area contributed by atoms with Crippen molar-refractivity contribution in [1.29, 1.82) is 0 Å². The van der Waals surface area contributed by atoms with Crippen LogP contribution in [0.25, 0.3) is 0 Å². The van der Waals surface area contributed by atoms with Crippen molar-refractivity contribution >= 4 is 12.1 Å². The van der Waals surface area contributed by atoms with E-state index in [-0.39, 0.29) is 0 Å². The Balaban J connectivity index is 2.45. The fourth-order valence-electron chi connectivity index (χ4n) is 0.658. The highest BCUT2D eigenvalue weighted by Gasteiger charge is 1.92. The smallest absolute Gasteiger partial charge is 0.265 e. The van der Waals surface area contributed by atoms with Crippen molar-refractivity contribution in [3.8, 4) is 0 Å². The molecular formula is C8H9N3O2. The molecule has 68 valence electrons. The van der Waals surface area contributed by atoms with E-state index in [0.29, 0.717) is 5.69 Å². The predicted octanol–water partition coefficient (Wildman–Crippen LogP) is -0.476. The summed E-state index contributed by atoms with van der Waals surface area (Å²) >= 11 is 0. The summed E-state index contributed by atoms with van der Waals surface area (Å²) in [5.74, 6) is -0.549. The molecule has 0 unspecified atom stereocenters. The Morgan fingerprint density at radius 3 is 3.15 bits per heavy atom. The first-order chi connectivity index (χ1) is 6.33. The van der Waals surface area contributed by atoms with E-state index in [1.165, 1.54) is 6.21 Å². The molecule has 1 aromatic heterocycles.